The minimum absolute atomic E-state index is 0.104. The summed E-state index contributed by atoms with van der Waals surface area (Å²) < 4.78 is 5.79. The third-order valence-corrected chi connectivity index (χ3v) is 3.46. The maximum absolute atomic E-state index is 11.1. The van der Waals surface area contributed by atoms with Gasteiger partial charge >= 0.3 is 0 Å². The van der Waals surface area contributed by atoms with E-state index >= 15 is 0 Å². The molecule has 106 valence electrons. The Hall–Kier alpha value is -2.62. The fourth-order valence-electron chi connectivity index (χ4n) is 2.21. The maximum atomic E-state index is 11.1. The second-order valence-corrected chi connectivity index (χ2v) is 5.18. The van der Waals surface area contributed by atoms with E-state index in [-0.39, 0.29) is 5.91 Å². The number of carbonyl (C=O) groups excluding carboxylic acids is 1. The predicted molar refractivity (Wildman–Crippen MR) is 83.2 cm³/mol. The van der Waals surface area contributed by atoms with Crippen molar-refractivity contribution in [2.45, 2.75) is 20.8 Å². The largest absolute Gasteiger partial charge is 0.436 e. The summed E-state index contributed by atoms with van der Waals surface area (Å²) in [6.45, 7) is 5.62. The number of benzene rings is 2. The molecule has 1 heterocycles. The first-order valence-electron chi connectivity index (χ1n) is 6.79. The van der Waals surface area contributed by atoms with Crippen LogP contribution in [0.3, 0.4) is 0 Å². The quantitative estimate of drug-likeness (QED) is 0.769. The molecule has 0 spiro atoms. The highest BCUT2D eigenvalue weighted by molar-refractivity contribution is 5.91. The lowest BCUT2D eigenvalue weighted by Crippen LogP contribution is -2.05. The summed E-state index contributed by atoms with van der Waals surface area (Å²) in [5.74, 6) is 0.486. The second kappa shape index (κ2) is 5.05. The van der Waals surface area contributed by atoms with Gasteiger partial charge in [0.05, 0.1) is 0 Å². The highest BCUT2D eigenvalue weighted by Gasteiger charge is 2.10. The summed E-state index contributed by atoms with van der Waals surface area (Å²) in [5, 5.41) is 2.74. The number of nitrogens with one attached hydrogen (secondary N) is 1. The van der Waals surface area contributed by atoms with E-state index in [1.165, 1.54) is 18.1 Å². The van der Waals surface area contributed by atoms with Crippen molar-refractivity contribution in [2.24, 2.45) is 0 Å². The van der Waals surface area contributed by atoms with Crippen LogP contribution in [0.2, 0.25) is 0 Å². The lowest BCUT2D eigenvalue weighted by atomic mass is 10.1. The zero-order valence-corrected chi connectivity index (χ0v) is 12.2. The number of aryl methyl sites for hydroxylation is 2. The van der Waals surface area contributed by atoms with Crippen LogP contribution in [-0.2, 0) is 4.79 Å². The molecule has 0 aliphatic heterocycles. The van der Waals surface area contributed by atoms with Crippen LogP contribution in [0, 0.1) is 13.8 Å². The van der Waals surface area contributed by atoms with E-state index in [4.69, 9.17) is 4.42 Å². The van der Waals surface area contributed by atoms with Gasteiger partial charge in [-0.1, -0.05) is 6.07 Å². The number of fused-ring (bicyclic) bond motifs is 1. The van der Waals surface area contributed by atoms with Crippen LogP contribution in [0.15, 0.2) is 40.8 Å². The lowest BCUT2D eigenvalue weighted by Gasteiger charge is -2.01. The van der Waals surface area contributed by atoms with Gasteiger partial charge in [0.25, 0.3) is 0 Å². The zero-order valence-electron chi connectivity index (χ0n) is 12.2. The van der Waals surface area contributed by atoms with Gasteiger partial charge in [-0.25, -0.2) is 4.98 Å². The number of carbonyl (C=O) groups is 1. The van der Waals surface area contributed by atoms with Gasteiger partial charge in [0.2, 0.25) is 11.8 Å². The Morgan fingerprint density at radius 2 is 1.90 bits per heavy atom. The normalized spacial score (nSPS) is 10.8. The molecule has 4 heteroatoms. The van der Waals surface area contributed by atoms with Crippen molar-refractivity contribution >= 4 is 22.7 Å². The monoisotopic (exact) mass is 280 g/mol. The van der Waals surface area contributed by atoms with E-state index in [2.05, 4.69) is 36.3 Å². The standard InChI is InChI=1S/C17H16N2O2/c1-10-4-5-13(8-11(10)2)17-19-15-9-14(18-12(3)20)6-7-16(15)21-17/h4-9H,1-3H3,(H,18,20). The molecular formula is C17H16N2O2. The fraction of sp³-hybridized carbons (Fsp3) is 0.176. The molecule has 0 unspecified atom stereocenters. The van der Waals surface area contributed by atoms with Gasteiger partial charge in [-0.3, -0.25) is 4.79 Å². The van der Waals surface area contributed by atoms with Gasteiger partial charge in [-0.05, 0) is 55.3 Å². The molecule has 0 atom stereocenters. The molecule has 2 aromatic carbocycles. The van der Waals surface area contributed by atoms with Crippen LogP contribution >= 0.6 is 0 Å². The molecule has 1 aromatic heterocycles. The molecule has 3 aromatic rings. The van der Waals surface area contributed by atoms with Crippen molar-refractivity contribution in [3.8, 4) is 11.5 Å². The molecule has 0 aliphatic carbocycles. The van der Waals surface area contributed by atoms with Crippen molar-refractivity contribution in [3.63, 3.8) is 0 Å². The number of hydrogen-bond acceptors (Lipinski definition) is 3. The number of hydrogen-bond donors (Lipinski definition) is 1. The number of aromatic nitrogens is 1. The molecule has 0 saturated heterocycles. The van der Waals surface area contributed by atoms with Crippen LogP contribution < -0.4 is 5.32 Å². The van der Waals surface area contributed by atoms with Crippen molar-refractivity contribution in [1.29, 1.82) is 0 Å². The molecular weight excluding hydrogens is 264 g/mol. The molecule has 0 aliphatic rings. The average molecular weight is 280 g/mol. The minimum Gasteiger partial charge on any atom is -0.436 e. The van der Waals surface area contributed by atoms with E-state index < -0.39 is 0 Å². The molecule has 0 saturated carbocycles. The van der Waals surface area contributed by atoms with Crippen LogP contribution in [0.5, 0.6) is 0 Å². The van der Waals surface area contributed by atoms with Gasteiger partial charge in [0, 0.05) is 18.2 Å². The third-order valence-electron chi connectivity index (χ3n) is 3.46. The molecule has 0 radical (unpaired) electrons. The highest BCUT2D eigenvalue weighted by atomic mass is 16.3. The van der Waals surface area contributed by atoms with Crippen molar-refractivity contribution in [1.82, 2.24) is 4.98 Å². The molecule has 4 nitrogen and oxygen atoms in total. The zero-order chi connectivity index (χ0) is 15.0. The number of anilines is 1. The van der Waals surface area contributed by atoms with Gasteiger partial charge in [0.15, 0.2) is 5.58 Å². The Kier molecular flexibility index (Phi) is 3.22. The van der Waals surface area contributed by atoms with Crippen LogP contribution in [0.25, 0.3) is 22.6 Å². The topological polar surface area (TPSA) is 55.1 Å². The number of amides is 1. The summed E-state index contributed by atoms with van der Waals surface area (Å²) in [5.41, 5.74) is 5.55. The number of oxazole rings is 1. The SMILES string of the molecule is CC(=O)Nc1ccc2oc(-c3ccc(C)c(C)c3)nc2c1. The number of nitrogens with zero attached hydrogens (tertiary/aromatic N) is 1. The molecule has 1 N–H and O–H groups in total. The molecule has 3 rings (SSSR count). The maximum Gasteiger partial charge on any atom is 0.227 e. The second-order valence-electron chi connectivity index (χ2n) is 5.18. The third kappa shape index (κ3) is 2.65. The van der Waals surface area contributed by atoms with Gasteiger partial charge < -0.3 is 9.73 Å². The van der Waals surface area contributed by atoms with Crippen LogP contribution in [0.4, 0.5) is 5.69 Å². The Morgan fingerprint density at radius 1 is 1.10 bits per heavy atom. The summed E-state index contributed by atoms with van der Waals surface area (Å²) in [6.07, 6.45) is 0. The van der Waals surface area contributed by atoms with Gasteiger partial charge in [0.1, 0.15) is 5.52 Å². The molecule has 0 bridgehead atoms. The summed E-state index contributed by atoms with van der Waals surface area (Å²) in [7, 11) is 0. The Balaban J connectivity index is 2.04. The van der Waals surface area contributed by atoms with E-state index in [9.17, 15) is 4.79 Å². The fourth-order valence-corrected chi connectivity index (χ4v) is 2.21. The first-order valence-corrected chi connectivity index (χ1v) is 6.79. The number of rotatable bonds is 2. The minimum atomic E-state index is -0.104. The average Bonchev–Trinajstić information content (AvgIpc) is 2.84. The predicted octanol–water partition coefficient (Wildman–Crippen LogP) is 4.07. The summed E-state index contributed by atoms with van der Waals surface area (Å²) in [4.78, 5) is 15.6. The van der Waals surface area contributed by atoms with E-state index in [0.717, 1.165) is 16.8 Å². The van der Waals surface area contributed by atoms with Crippen LogP contribution in [-0.4, -0.2) is 10.9 Å². The van der Waals surface area contributed by atoms with Crippen molar-refractivity contribution in [2.75, 3.05) is 5.32 Å². The summed E-state index contributed by atoms with van der Waals surface area (Å²) in [6, 6.07) is 11.6. The van der Waals surface area contributed by atoms with Gasteiger partial charge in [-0.15, -0.1) is 0 Å². The summed E-state index contributed by atoms with van der Waals surface area (Å²) >= 11 is 0. The molecule has 21 heavy (non-hydrogen) atoms. The Labute approximate surface area is 122 Å². The molecule has 1 amide bonds. The highest BCUT2D eigenvalue weighted by Crippen LogP contribution is 2.27. The Morgan fingerprint density at radius 3 is 2.62 bits per heavy atom. The van der Waals surface area contributed by atoms with E-state index in [1.807, 2.05) is 18.2 Å². The first kappa shape index (κ1) is 13.4. The smallest absolute Gasteiger partial charge is 0.227 e. The van der Waals surface area contributed by atoms with Gasteiger partial charge in [-0.2, -0.15) is 0 Å². The van der Waals surface area contributed by atoms with Crippen LogP contribution in [0.1, 0.15) is 18.1 Å². The van der Waals surface area contributed by atoms with Crippen molar-refractivity contribution in [3.05, 3.63) is 47.5 Å². The lowest BCUT2D eigenvalue weighted by molar-refractivity contribution is -0.114. The van der Waals surface area contributed by atoms with Crippen molar-refractivity contribution < 1.29 is 9.21 Å². The Bertz CT molecular complexity index is 834. The first-order chi connectivity index (χ1) is 10.0. The van der Waals surface area contributed by atoms with E-state index in [1.54, 1.807) is 6.07 Å². The molecule has 0 fully saturated rings. The van der Waals surface area contributed by atoms with E-state index in [0.29, 0.717) is 11.5 Å².